The normalized spacial score (nSPS) is 11.6. The smallest absolute Gasteiger partial charge is 0.209 e. The summed E-state index contributed by atoms with van der Waals surface area (Å²) in [5.41, 5.74) is 0. The minimum Gasteiger partial charge on any atom is -0.354 e. The van der Waals surface area contributed by atoms with Crippen LogP contribution in [0.1, 0.15) is 20.3 Å². The van der Waals surface area contributed by atoms with Crippen LogP contribution in [-0.4, -0.2) is 46.5 Å². The molecule has 17 heavy (non-hydrogen) atoms. The Morgan fingerprint density at radius 2 is 2.00 bits per heavy atom. The number of tetrazole rings is 1. The third-order valence-corrected chi connectivity index (χ3v) is 3.26. The van der Waals surface area contributed by atoms with Crippen LogP contribution in [0.3, 0.4) is 0 Å². The van der Waals surface area contributed by atoms with Gasteiger partial charge in [-0.25, -0.2) is 4.68 Å². The Morgan fingerprint density at radius 1 is 1.29 bits per heavy atom. The maximum absolute atomic E-state index is 5.12. The van der Waals surface area contributed by atoms with Gasteiger partial charge in [-0.05, 0) is 22.8 Å². The second-order valence-electron chi connectivity index (χ2n) is 4.08. The standard InChI is InChI=1S/C10H20N4O2S/c1-8(2)5-6-17-10-11-12-13-14(10)7-9(15-3)16-4/h8-9H,5-7H2,1-4H3. The number of nitrogens with zero attached hydrogens (tertiary/aromatic N) is 4. The molecule has 0 amide bonds. The van der Waals surface area contributed by atoms with Crippen LogP contribution in [-0.2, 0) is 16.0 Å². The van der Waals surface area contributed by atoms with E-state index in [0.717, 1.165) is 17.3 Å². The molecule has 7 heteroatoms. The predicted octanol–water partition coefficient (Wildman–Crippen LogP) is 1.43. The molecule has 0 bridgehead atoms. The Labute approximate surface area is 106 Å². The molecule has 0 N–H and O–H groups in total. The van der Waals surface area contributed by atoms with E-state index in [0.29, 0.717) is 12.5 Å². The molecule has 1 aromatic heterocycles. The lowest BCUT2D eigenvalue weighted by atomic mass is 10.2. The third kappa shape index (κ3) is 5.01. The van der Waals surface area contributed by atoms with E-state index < -0.39 is 0 Å². The summed E-state index contributed by atoms with van der Waals surface area (Å²) in [4.78, 5) is 0. The zero-order valence-corrected chi connectivity index (χ0v) is 11.6. The molecule has 6 nitrogen and oxygen atoms in total. The van der Waals surface area contributed by atoms with Gasteiger partial charge in [0, 0.05) is 20.0 Å². The maximum Gasteiger partial charge on any atom is 0.209 e. The van der Waals surface area contributed by atoms with E-state index in [1.165, 1.54) is 0 Å². The van der Waals surface area contributed by atoms with Crippen molar-refractivity contribution < 1.29 is 9.47 Å². The fourth-order valence-electron chi connectivity index (χ4n) is 1.19. The van der Waals surface area contributed by atoms with Crippen LogP contribution in [0.2, 0.25) is 0 Å². The van der Waals surface area contributed by atoms with E-state index in [4.69, 9.17) is 9.47 Å². The van der Waals surface area contributed by atoms with Crippen LogP contribution < -0.4 is 0 Å². The zero-order valence-electron chi connectivity index (χ0n) is 10.8. The van der Waals surface area contributed by atoms with Crippen LogP contribution in [0.25, 0.3) is 0 Å². The molecule has 0 aliphatic rings. The predicted molar refractivity (Wildman–Crippen MR) is 65.8 cm³/mol. The molecule has 98 valence electrons. The summed E-state index contributed by atoms with van der Waals surface area (Å²) >= 11 is 1.66. The molecule has 0 radical (unpaired) electrons. The lowest BCUT2D eigenvalue weighted by Crippen LogP contribution is -2.22. The molecule has 0 aliphatic heterocycles. The van der Waals surface area contributed by atoms with Crippen molar-refractivity contribution in [1.29, 1.82) is 0 Å². The number of ether oxygens (including phenoxy) is 2. The van der Waals surface area contributed by atoms with E-state index in [1.807, 2.05) is 0 Å². The van der Waals surface area contributed by atoms with Gasteiger partial charge in [-0.3, -0.25) is 0 Å². The summed E-state index contributed by atoms with van der Waals surface area (Å²) in [5, 5.41) is 12.4. The summed E-state index contributed by atoms with van der Waals surface area (Å²) in [7, 11) is 3.20. The second kappa shape index (κ2) is 7.62. The Balaban J connectivity index is 2.47. The first-order chi connectivity index (χ1) is 8.17. The van der Waals surface area contributed by atoms with Crippen molar-refractivity contribution in [2.45, 2.75) is 38.3 Å². The monoisotopic (exact) mass is 260 g/mol. The first-order valence-corrected chi connectivity index (χ1v) is 6.60. The van der Waals surface area contributed by atoms with E-state index in [9.17, 15) is 0 Å². The van der Waals surface area contributed by atoms with E-state index in [2.05, 4.69) is 29.4 Å². The fraction of sp³-hybridized carbons (Fsp3) is 0.900. The minimum absolute atomic E-state index is 0.317. The molecule has 1 rings (SSSR count). The summed E-state index contributed by atoms with van der Waals surface area (Å²) in [5.74, 6) is 1.71. The van der Waals surface area contributed by atoms with Crippen LogP contribution in [0.5, 0.6) is 0 Å². The van der Waals surface area contributed by atoms with Crippen molar-refractivity contribution in [2.75, 3.05) is 20.0 Å². The molecule has 0 spiro atoms. The van der Waals surface area contributed by atoms with Crippen molar-refractivity contribution in [2.24, 2.45) is 5.92 Å². The molecular weight excluding hydrogens is 240 g/mol. The van der Waals surface area contributed by atoms with Gasteiger partial charge in [0.15, 0.2) is 6.29 Å². The van der Waals surface area contributed by atoms with Crippen LogP contribution in [0, 0.1) is 5.92 Å². The summed E-state index contributed by atoms with van der Waals surface area (Å²) in [6.45, 7) is 4.91. The van der Waals surface area contributed by atoms with Gasteiger partial charge in [0.25, 0.3) is 0 Å². The topological polar surface area (TPSA) is 62.1 Å². The maximum atomic E-state index is 5.12. The molecule has 0 aromatic carbocycles. The van der Waals surface area contributed by atoms with Crippen LogP contribution >= 0.6 is 11.8 Å². The Bertz CT molecular complexity index is 315. The Kier molecular flexibility index (Phi) is 6.46. The van der Waals surface area contributed by atoms with E-state index >= 15 is 0 Å². The largest absolute Gasteiger partial charge is 0.354 e. The highest BCUT2D eigenvalue weighted by molar-refractivity contribution is 7.99. The van der Waals surface area contributed by atoms with Crippen LogP contribution in [0.4, 0.5) is 0 Å². The van der Waals surface area contributed by atoms with Gasteiger partial charge in [-0.2, -0.15) is 0 Å². The third-order valence-electron chi connectivity index (χ3n) is 2.27. The minimum atomic E-state index is -0.317. The van der Waals surface area contributed by atoms with Gasteiger partial charge < -0.3 is 9.47 Å². The SMILES string of the molecule is COC(Cn1nnnc1SCCC(C)C)OC. The Morgan fingerprint density at radius 3 is 2.59 bits per heavy atom. The van der Waals surface area contributed by atoms with Gasteiger partial charge in [-0.15, -0.1) is 5.10 Å². The molecule has 0 saturated carbocycles. The number of methoxy groups -OCH3 is 2. The van der Waals surface area contributed by atoms with Gasteiger partial charge in [0.2, 0.25) is 5.16 Å². The van der Waals surface area contributed by atoms with Gasteiger partial charge in [0.05, 0.1) is 6.54 Å². The summed E-state index contributed by atoms with van der Waals surface area (Å²) < 4.78 is 12.0. The number of hydrogen-bond donors (Lipinski definition) is 0. The zero-order chi connectivity index (χ0) is 12.7. The number of thioether (sulfide) groups is 1. The Hall–Kier alpha value is -0.660. The van der Waals surface area contributed by atoms with Gasteiger partial charge in [0.1, 0.15) is 0 Å². The van der Waals surface area contributed by atoms with Gasteiger partial charge in [-0.1, -0.05) is 25.6 Å². The van der Waals surface area contributed by atoms with Crippen molar-refractivity contribution in [3.63, 3.8) is 0 Å². The molecule has 1 aromatic rings. The molecular formula is C10H20N4O2S. The average molecular weight is 260 g/mol. The molecule has 1 heterocycles. The molecule has 0 unspecified atom stereocenters. The van der Waals surface area contributed by atoms with E-state index in [-0.39, 0.29) is 6.29 Å². The number of aromatic nitrogens is 4. The van der Waals surface area contributed by atoms with Crippen molar-refractivity contribution >= 4 is 11.8 Å². The molecule has 0 fully saturated rings. The summed E-state index contributed by atoms with van der Waals surface area (Å²) in [6.07, 6.45) is 0.832. The second-order valence-corrected chi connectivity index (χ2v) is 5.14. The fourth-order valence-corrected chi connectivity index (χ4v) is 2.31. The molecule has 0 aliphatic carbocycles. The molecule has 0 saturated heterocycles. The van der Waals surface area contributed by atoms with Gasteiger partial charge >= 0.3 is 0 Å². The van der Waals surface area contributed by atoms with Crippen molar-refractivity contribution in [3.8, 4) is 0 Å². The number of rotatable bonds is 8. The highest BCUT2D eigenvalue weighted by Crippen LogP contribution is 2.17. The quantitative estimate of drug-likeness (QED) is 0.520. The highest BCUT2D eigenvalue weighted by atomic mass is 32.2. The average Bonchev–Trinajstić information content (AvgIpc) is 2.73. The van der Waals surface area contributed by atoms with Crippen molar-refractivity contribution in [3.05, 3.63) is 0 Å². The lowest BCUT2D eigenvalue weighted by molar-refractivity contribution is -0.113. The summed E-state index contributed by atoms with van der Waals surface area (Å²) in [6, 6.07) is 0. The van der Waals surface area contributed by atoms with E-state index in [1.54, 1.807) is 30.7 Å². The highest BCUT2D eigenvalue weighted by Gasteiger charge is 2.12. The van der Waals surface area contributed by atoms with Crippen molar-refractivity contribution in [1.82, 2.24) is 20.2 Å². The number of hydrogen-bond acceptors (Lipinski definition) is 6. The molecule has 0 atom stereocenters. The first kappa shape index (κ1) is 14.4. The lowest BCUT2D eigenvalue weighted by Gasteiger charge is -2.13. The van der Waals surface area contributed by atoms with Crippen LogP contribution in [0.15, 0.2) is 5.16 Å². The first-order valence-electron chi connectivity index (χ1n) is 5.62.